The topological polar surface area (TPSA) is 84.0 Å². The van der Waals surface area contributed by atoms with Crippen molar-refractivity contribution in [3.8, 4) is 0 Å². The van der Waals surface area contributed by atoms with Gasteiger partial charge < -0.3 is 10.6 Å². The highest BCUT2D eigenvalue weighted by molar-refractivity contribution is 7.98. The first kappa shape index (κ1) is 14.4. The van der Waals surface area contributed by atoms with Gasteiger partial charge >= 0.3 is 0 Å². The molecule has 8 heteroatoms. The summed E-state index contributed by atoms with van der Waals surface area (Å²) < 4.78 is 22.9. The normalized spacial score (nSPS) is 21.3. The van der Waals surface area contributed by atoms with Crippen LogP contribution in [0.1, 0.15) is 13.3 Å². The Hall–Kier alpha value is -1.02. The highest BCUT2D eigenvalue weighted by Crippen LogP contribution is 2.20. The predicted octanol–water partition coefficient (Wildman–Crippen LogP) is 1.23. The second-order valence-electron chi connectivity index (χ2n) is 4.40. The first-order valence-electron chi connectivity index (χ1n) is 6.16. The second kappa shape index (κ2) is 5.96. The molecule has 1 atom stereocenters. The number of sulfone groups is 1. The van der Waals surface area contributed by atoms with E-state index in [0.29, 0.717) is 17.4 Å². The van der Waals surface area contributed by atoms with Gasteiger partial charge in [0.2, 0.25) is 0 Å². The average Bonchev–Trinajstić information content (AvgIpc) is 2.68. The Labute approximate surface area is 117 Å². The Morgan fingerprint density at radius 2 is 2.16 bits per heavy atom. The van der Waals surface area contributed by atoms with E-state index in [1.54, 1.807) is 0 Å². The summed E-state index contributed by atoms with van der Waals surface area (Å²) in [6, 6.07) is 1.76. The van der Waals surface area contributed by atoms with Crippen molar-refractivity contribution < 1.29 is 8.42 Å². The van der Waals surface area contributed by atoms with Gasteiger partial charge in [0.25, 0.3) is 0 Å². The molecule has 1 fully saturated rings. The maximum absolute atomic E-state index is 11.4. The number of hydrogen-bond donors (Lipinski definition) is 2. The van der Waals surface area contributed by atoms with Gasteiger partial charge in [-0.05, 0) is 19.6 Å². The van der Waals surface area contributed by atoms with E-state index in [1.807, 2.05) is 19.2 Å². The summed E-state index contributed by atoms with van der Waals surface area (Å²) >= 11 is 1.46. The fraction of sp³-hybridized carbons (Fsp3) is 0.636. The Kier molecular flexibility index (Phi) is 4.51. The Balaban J connectivity index is 2.13. The van der Waals surface area contributed by atoms with Gasteiger partial charge in [-0.3, -0.25) is 0 Å². The van der Waals surface area contributed by atoms with Gasteiger partial charge in [0, 0.05) is 18.7 Å². The molecule has 2 N–H and O–H groups in total. The van der Waals surface area contributed by atoms with E-state index in [0.717, 1.165) is 12.4 Å². The monoisotopic (exact) mass is 302 g/mol. The van der Waals surface area contributed by atoms with Crippen molar-refractivity contribution in [2.45, 2.75) is 24.5 Å². The summed E-state index contributed by atoms with van der Waals surface area (Å²) in [5.41, 5.74) is 0. The number of thioether (sulfide) groups is 1. The van der Waals surface area contributed by atoms with Crippen LogP contribution in [0.3, 0.4) is 0 Å². The van der Waals surface area contributed by atoms with Crippen LogP contribution in [0.25, 0.3) is 0 Å². The zero-order valence-corrected chi connectivity index (χ0v) is 12.6. The Morgan fingerprint density at radius 3 is 2.74 bits per heavy atom. The molecule has 0 saturated carbocycles. The van der Waals surface area contributed by atoms with Gasteiger partial charge in [-0.15, -0.1) is 0 Å². The molecule has 1 aromatic rings. The van der Waals surface area contributed by atoms with E-state index in [-0.39, 0.29) is 17.5 Å². The van der Waals surface area contributed by atoms with Gasteiger partial charge in [-0.25, -0.2) is 18.4 Å². The quantitative estimate of drug-likeness (QED) is 0.625. The summed E-state index contributed by atoms with van der Waals surface area (Å²) in [5, 5.41) is 7.00. The van der Waals surface area contributed by atoms with E-state index < -0.39 is 9.84 Å². The third kappa shape index (κ3) is 3.97. The number of hydrogen-bond acceptors (Lipinski definition) is 7. The lowest BCUT2D eigenvalue weighted by Crippen LogP contribution is -2.21. The maximum atomic E-state index is 11.4. The maximum Gasteiger partial charge on any atom is 0.191 e. The molecule has 1 saturated heterocycles. The summed E-state index contributed by atoms with van der Waals surface area (Å²) in [5.74, 6) is 1.87. The van der Waals surface area contributed by atoms with Gasteiger partial charge in [-0.2, -0.15) is 0 Å². The van der Waals surface area contributed by atoms with Gasteiger partial charge in [0.05, 0.1) is 11.5 Å². The van der Waals surface area contributed by atoms with Crippen LogP contribution >= 0.6 is 11.8 Å². The zero-order chi connectivity index (χ0) is 13.9. The predicted molar refractivity (Wildman–Crippen MR) is 78.7 cm³/mol. The van der Waals surface area contributed by atoms with E-state index >= 15 is 0 Å². The Morgan fingerprint density at radius 1 is 1.42 bits per heavy atom. The van der Waals surface area contributed by atoms with Crippen molar-refractivity contribution in [1.82, 2.24) is 9.97 Å². The lowest BCUT2D eigenvalue weighted by Gasteiger charge is -2.13. The molecule has 0 aliphatic carbocycles. The molecule has 1 aromatic heterocycles. The minimum absolute atomic E-state index is 0.0518. The lowest BCUT2D eigenvalue weighted by atomic mass is 10.2. The number of anilines is 2. The molecular formula is C11H18N4O2S2. The fourth-order valence-electron chi connectivity index (χ4n) is 1.98. The minimum Gasteiger partial charge on any atom is -0.370 e. The molecule has 1 aliphatic rings. The highest BCUT2D eigenvalue weighted by Gasteiger charge is 2.28. The number of aromatic nitrogens is 2. The first-order chi connectivity index (χ1) is 9.02. The SMILES string of the molecule is CCNc1cc(NC2CCS(=O)(=O)C2)nc(SC)n1. The number of nitrogens with one attached hydrogen (secondary N) is 2. The molecule has 0 radical (unpaired) electrons. The van der Waals surface area contributed by atoms with Crippen LogP contribution in [-0.2, 0) is 9.84 Å². The number of rotatable bonds is 5. The van der Waals surface area contributed by atoms with Crippen LogP contribution in [0.15, 0.2) is 11.2 Å². The van der Waals surface area contributed by atoms with Crippen molar-refractivity contribution in [3.05, 3.63) is 6.07 Å². The highest BCUT2D eigenvalue weighted by atomic mass is 32.2. The van der Waals surface area contributed by atoms with Crippen molar-refractivity contribution >= 4 is 33.2 Å². The van der Waals surface area contributed by atoms with Crippen molar-refractivity contribution in [2.75, 3.05) is 34.9 Å². The summed E-state index contributed by atoms with van der Waals surface area (Å²) in [6.45, 7) is 2.78. The van der Waals surface area contributed by atoms with Crippen LogP contribution in [0, 0.1) is 0 Å². The summed E-state index contributed by atoms with van der Waals surface area (Å²) in [6.07, 6.45) is 2.55. The van der Waals surface area contributed by atoms with Gasteiger partial charge in [0.1, 0.15) is 11.6 Å². The molecule has 0 aromatic carbocycles. The van der Waals surface area contributed by atoms with E-state index in [9.17, 15) is 8.42 Å². The van der Waals surface area contributed by atoms with E-state index in [4.69, 9.17) is 0 Å². The van der Waals surface area contributed by atoms with E-state index in [2.05, 4.69) is 20.6 Å². The molecule has 6 nitrogen and oxygen atoms in total. The van der Waals surface area contributed by atoms with Crippen molar-refractivity contribution in [1.29, 1.82) is 0 Å². The largest absolute Gasteiger partial charge is 0.370 e. The summed E-state index contributed by atoms with van der Waals surface area (Å²) in [4.78, 5) is 8.68. The third-order valence-corrected chi connectivity index (χ3v) is 5.15. The summed E-state index contributed by atoms with van der Waals surface area (Å²) in [7, 11) is -2.88. The smallest absolute Gasteiger partial charge is 0.191 e. The van der Waals surface area contributed by atoms with Crippen LogP contribution in [-0.4, -0.2) is 48.7 Å². The molecule has 1 unspecified atom stereocenters. The molecule has 0 amide bonds. The van der Waals surface area contributed by atoms with Gasteiger partial charge in [-0.1, -0.05) is 11.8 Å². The standard InChI is InChI=1S/C11H18N4O2S2/c1-3-12-9-6-10(15-11(14-9)18-2)13-8-4-5-19(16,17)7-8/h6,8H,3-5,7H2,1-2H3,(H2,12,13,14,15). The average molecular weight is 302 g/mol. The molecule has 2 heterocycles. The van der Waals surface area contributed by atoms with E-state index in [1.165, 1.54) is 11.8 Å². The first-order valence-corrected chi connectivity index (χ1v) is 9.21. The molecule has 0 bridgehead atoms. The van der Waals surface area contributed by atoms with Crippen molar-refractivity contribution in [2.24, 2.45) is 0 Å². The lowest BCUT2D eigenvalue weighted by molar-refractivity contribution is 0.602. The second-order valence-corrected chi connectivity index (χ2v) is 7.40. The molecular weight excluding hydrogens is 284 g/mol. The van der Waals surface area contributed by atoms with Crippen LogP contribution in [0.5, 0.6) is 0 Å². The molecule has 0 spiro atoms. The fourth-order valence-corrected chi connectivity index (χ4v) is 4.03. The molecule has 1 aliphatic heterocycles. The third-order valence-electron chi connectivity index (χ3n) is 2.83. The Bertz CT molecular complexity index is 548. The number of nitrogens with zero attached hydrogens (tertiary/aromatic N) is 2. The molecule has 2 rings (SSSR count). The van der Waals surface area contributed by atoms with Crippen LogP contribution in [0.4, 0.5) is 11.6 Å². The van der Waals surface area contributed by atoms with Crippen molar-refractivity contribution in [3.63, 3.8) is 0 Å². The molecule has 19 heavy (non-hydrogen) atoms. The van der Waals surface area contributed by atoms with Crippen LogP contribution < -0.4 is 10.6 Å². The minimum atomic E-state index is -2.88. The molecule has 106 valence electrons. The van der Waals surface area contributed by atoms with Gasteiger partial charge in [0.15, 0.2) is 15.0 Å². The zero-order valence-electron chi connectivity index (χ0n) is 11.0. The van der Waals surface area contributed by atoms with Crippen LogP contribution in [0.2, 0.25) is 0 Å².